The van der Waals surface area contributed by atoms with E-state index in [1.807, 2.05) is 0 Å². The number of rotatable bonds is 5. The van der Waals surface area contributed by atoms with Crippen molar-refractivity contribution in [2.75, 3.05) is 0 Å². The largest absolute Gasteiger partial charge is 0.389 e. The smallest absolute Gasteiger partial charge is 0.134 e. The third-order valence-corrected chi connectivity index (χ3v) is 5.96. The minimum Gasteiger partial charge on any atom is -0.389 e. The molecule has 2 saturated carbocycles. The molecule has 2 bridgehead atoms. The molecule has 0 aromatic heterocycles. The predicted octanol–water partition coefficient (Wildman–Crippen LogP) is 2.92. The lowest BCUT2D eigenvalue weighted by atomic mass is 9.70. The van der Waals surface area contributed by atoms with E-state index >= 15 is 0 Å². The first-order valence-electron chi connectivity index (χ1n) is 7.78. The van der Waals surface area contributed by atoms with Crippen molar-refractivity contribution in [1.82, 2.24) is 5.32 Å². The van der Waals surface area contributed by atoms with E-state index in [9.17, 15) is 5.11 Å². The highest BCUT2D eigenvalue weighted by atomic mass is 16.5. The molecule has 2 aliphatic carbocycles. The minimum atomic E-state index is -0.478. The molecular weight excluding hydrogens is 238 g/mol. The minimum absolute atomic E-state index is 0.253. The molecule has 0 spiro atoms. The average molecular weight is 269 g/mol. The third-order valence-electron chi connectivity index (χ3n) is 5.96. The zero-order valence-electron chi connectivity index (χ0n) is 13.4. The van der Waals surface area contributed by atoms with E-state index in [-0.39, 0.29) is 17.7 Å². The Hall–Kier alpha value is -0.120. The fraction of sp³-hybridized carbons (Fsp3) is 1.00. The van der Waals surface area contributed by atoms with Gasteiger partial charge < -0.3 is 9.84 Å². The Kier molecular flexibility index (Phi) is 4.03. The second-order valence-corrected chi connectivity index (χ2v) is 7.72. The monoisotopic (exact) mass is 269 g/mol. The number of hydrogen-bond acceptors (Lipinski definition) is 3. The fourth-order valence-corrected chi connectivity index (χ4v) is 4.13. The van der Waals surface area contributed by atoms with Gasteiger partial charge in [0, 0.05) is 6.04 Å². The van der Waals surface area contributed by atoms with Gasteiger partial charge in [-0.25, -0.2) is 0 Å². The van der Waals surface area contributed by atoms with Crippen LogP contribution in [0.25, 0.3) is 0 Å². The summed E-state index contributed by atoms with van der Waals surface area (Å²) < 4.78 is 6.30. The van der Waals surface area contributed by atoms with Crippen molar-refractivity contribution in [3.05, 3.63) is 0 Å². The van der Waals surface area contributed by atoms with E-state index in [0.29, 0.717) is 11.5 Å². The molecule has 5 unspecified atom stereocenters. The van der Waals surface area contributed by atoms with E-state index in [1.54, 1.807) is 6.92 Å². The fourth-order valence-electron chi connectivity index (χ4n) is 4.13. The van der Waals surface area contributed by atoms with Crippen LogP contribution >= 0.6 is 0 Å². The van der Waals surface area contributed by atoms with Gasteiger partial charge in [0.15, 0.2) is 0 Å². The van der Waals surface area contributed by atoms with E-state index < -0.39 is 6.10 Å². The van der Waals surface area contributed by atoms with E-state index in [0.717, 1.165) is 12.3 Å². The van der Waals surface area contributed by atoms with Crippen LogP contribution in [0.15, 0.2) is 0 Å². The van der Waals surface area contributed by atoms with Gasteiger partial charge in [0.1, 0.15) is 6.23 Å². The zero-order chi connectivity index (χ0) is 14.4. The summed E-state index contributed by atoms with van der Waals surface area (Å²) in [6.45, 7) is 13.1. The predicted molar refractivity (Wildman–Crippen MR) is 77.8 cm³/mol. The van der Waals surface area contributed by atoms with Gasteiger partial charge in [-0.3, -0.25) is 5.32 Å². The molecule has 19 heavy (non-hydrogen) atoms. The molecule has 2 N–H and O–H groups in total. The van der Waals surface area contributed by atoms with Crippen LogP contribution in [0, 0.1) is 16.7 Å². The quantitative estimate of drug-likeness (QED) is 0.754. The number of aliphatic hydroxyl groups excluding tert-OH is 1. The maximum absolute atomic E-state index is 9.92. The Labute approximate surface area is 118 Å². The highest BCUT2D eigenvalue weighted by Crippen LogP contribution is 2.66. The SMILES string of the molecule is CC(C)NC(OC1CC2CCC1(C)C2(C)C)C(C)O. The van der Waals surface area contributed by atoms with Crippen LogP contribution in [-0.2, 0) is 4.74 Å². The Balaban J connectivity index is 2.07. The van der Waals surface area contributed by atoms with Crippen LogP contribution in [0.3, 0.4) is 0 Å². The Morgan fingerprint density at radius 2 is 1.84 bits per heavy atom. The number of nitrogens with one attached hydrogen (secondary N) is 1. The normalized spacial score (nSPS) is 39.8. The summed E-state index contributed by atoms with van der Waals surface area (Å²) >= 11 is 0. The third kappa shape index (κ3) is 2.45. The number of ether oxygens (including phenoxy) is 1. The van der Waals surface area contributed by atoms with Gasteiger partial charge in [-0.2, -0.15) is 0 Å². The Morgan fingerprint density at radius 1 is 1.21 bits per heavy atom. The summed E-state index contributed by atoms with van der Waals surface area (Å²) in [5.74, 6) is 0.774. The lowest BCUT2D eigenvalue weighted by molar-refractivity contribution is -0.135. The van der Waals surface area contributed by atoms with Gasteiger partial charge in [0.05, 0.1) is 12.2 Å². The van der Waals surface area contributed by atoms with Gasteiger partial charge in [-0.15, -0.1) is 0 Å². The molecular formula is C16H31NO2. The maximum atomic E-state index is 9.92. The summed E-state index contributed by atoms with van der Waals surface area (Å²) in [5.41, 5.74) is 0.613. The van der Waals surface area contributed by atoms with Crippen molar-refractivity contribution in [3.63, 3.8) is 0 Å². The van der Waals surface area contributed by atoms with Gasteiger partial charge in [0.25, 0.3) is 0 Å². The van der Waals surface area contributed by atoms with Crippen molar-refractivity contribution >= 4 is 0 Å². The van der Waals surface area contributed by atoms with Crippen LogP contribution in [0.2, 0.25) is 0 Å². The van der Waals surface area contributed by atoms with Crippen LogP contribution in [0.1, 0.15) is 60.8 Å². The first kappa shape index (κ1) is 15.3. The molecule has 0 aromatic carbocycles. The molecule has 0 aromatic rings. The standard InChI is InChI=1S/C16H31NO2/c1-10(2)17-14(11(3)18)19-13-9-12-7-8-16(13,6)15(12,4)5/h10-14,17-18H,7-9H2,1-6H3. The van der Waals surface area contributed by atoms with E-state index in [4.69, 9.17) is 4.74 Å². The van der Waals surface area contributed by atoms with Crippen LogP contribution in [-0.4, -0.2) is 29.6 Å². The number of fused-ring (bicyclic) bond motifs is 2. The van der Waals surface area contributed by atoms with Crippen LogP contribution < -0.4 is 5.32 Å². The zero-order valence-corrected chi connectivity index (χ0v) is 13.4. The molecule has 2 aliphatic rings. The molecule has 0 heterocycles. The Morgan fingerprint density at radius 3 is 2.21 bits per heavy atom. The van der Waals surface area contributed by atoms with Crippen LogP contribution in [0.4, 0.5) is 0 Å². The van der Waals surface area contributed by atoms with Gasteiger partial charge in [0.2, 0.25) is 0 Å². The molecule has 0 radical (unpaired) electrons. The van der Waals surface area contributed by atoms with Crippen molar-refractivity contribution in [3.8, 4) is 0 Å². The highest BCUT2D eigenvalue weighted by Gasteiger charge is 2.62. The van der Waals surface area contributed by atoms with Gasteiger partial charge in [-0.1, -0.05) is 20.8 Å². The van der Waals surface area contributed by atoms with Crippen LogP contribution in [0.5, 0.6) is 0 Å². The van der Waals surface area contributed by atoms with Crippen molar-refractivity contribution in [2.45, 2.75) is 85.3 Å². The van der Waals surface area contributed by atoms with E-state index in [1.165, 1.54) is 12.8 Å². The molecule has 0 amide bonds. The first-order chi connectivity index (χ1) is 8.68. The molecule has 5 atom stereocenters. The molecule has 2 fully saturated rings. The molecule has 0 aliphatic heterocycles. The average Bonchev–Trinajstić information content (AvgIpc) is 2.60. The molecule has 112 valence electrons. The first-order valence-corrected chi connectivity index (χ1v) is 7.78. The maximum Gasteiger partial charge on any atom is 0.134 e. The summed E-state index contributed by atoms with van der Waals surface area (Å²) in [5, 5.41) is 13.3. The summed E-state index contributed by atoms with van der Waals surface area (Å²) in [7, 11) is 0. The lowest BCUT2D eigenvalue weighted by Crippen LogP contribution is -2.49. The topological polar surface area (TPSA) is 41.5 Å². The van der Waals surface area contributed by atoms with E-state index in [2.05, 4.69) is 39.9 Å². The van der Waals surface area contributed by atoms with Crippen molar-refractivity contribution in [1.29, 1.82) is 0 Å². The summed E-state index contributed by atoms with van der Waals surface area (Å²) in [6.07, 6.45) is 3.27. The highest BCUT2D eigenvalue weighted by molar-refractivity contribution is 5.11. The summed E-state index contributed by atoms with van der Waals surface area (Å²) in [6, 6.07) is 0.319. The Bertz CT molecular complexity index is 327. The van der Waals surface area contributed by atoms with Crippen molar-refractivity contribution < 1.29 is 9.84 Å². The second-order valence-electron chi connectivity index (χ2n) is 7.72. The molecule has 3 nitrogen and oxygen atoms in total. The lowest BCUT2D eigenvalue weighted by Gasteiger charge is -2.41. The van der Waals surface area contributed by atoms with Crippen molar-refractivity contribution in [2.24, 2.45) is 16.7 Å². The number of aliphatic hydroxyl groups is 1. The molecule has 3 heteroatoms. The molecule has 2 rings (SSSR count). The van der Waals surface area contributed by atoms with Gasteiger partial charge in [-0.05, 0) is 56.8 Å². The van der Waals surface area contributed by atoms with Gasteiger partial charge >= 0.3 is 0 Å². The second kappa shape index (κ2) is 5.01. The molecule has 0 saturated heterocycles. The number of hydrogen-bond donors (Lipinski definition) is 2. The summed E-state index contributed by atoms with van der Waals surface area (Å²) in [4.78, 5) is 0.